The molecule has 4 amide bonds. The number of carbonyl (C=O) groups is 4. The van der Waals surface area contributed by atoms with Gasteiger partial charge in [0, 0.05) is 13.1 Å². The lowest BCUT2D eigenvalue weighted by molar-refractivity contribution is -0.136. The van der Waals surface area contributed by atoms with Gasteiger partial charge in [0.2, 0.25) is 11.8 Å². The highest BCUT2D eigenvalue weighted by Crippen LogP contribution is 2.37. The van der Waals surface area contributed by atoms with Crippen LogP contribution in [0.5, 0.6) is 0 Å². The molecule has 388 valence electrons. The maximum absolute atomic E-state index is 13.9. The number of hydrogen-bond donors (Lipinski definition) is 4. The molecule has 4 heterocycles. The lowest BCUT2D eigenvalue weighted by Crippen LogP contribution is -2.51. The van der Waals surface area contributed by atoms with Crippen LogP contribution in [0.25, 0.3) is 44.3 Å². The number of aromatic amines is 2. The van der Waals surface area contributed by atoms with E-state index in [-0.39, 0.29) is 48.9 Å². The molecular weight excluding hydrogens is 931 g/mol. The van der Waals surface area contributed by atoms with E-state index < -0.39 is 37.6 Å². The summed E-state index contributed by atoms with van der Waals surface area (Å²) < 4.78 is 35.1. The molecule has 2 saturated heterocycles. The van der Waals surface area contributed by atoms with Gasteiger partial charge in [-0.3, -0.25) is 9.59 Å². The average Bonchev–Trinajstić information content (AvgIpc) is 4.21. The van der Waals surface area contributed by atoms with Crippen molar-refractivity contribution in [3.8, 4) is 22.3 Å². The van der Waals surface area contributed by atoms with Crippen LogP contribution in [0.2, 0.25) is 0 Å². The van der Waals surface area contributed by atoms with Crippen molar-refractivity contribution in [2.45, 2.75) is 118 Å². The van der Waals surface area contributed by atoms with E-state index in [0.717, 1.165) is 89.3 Å². The quantitative estimate of drug-likeness (QED) is 0.0620. The number of alkyl halides is 2. The van der Waals surface area contributed by atoms with Crippen molar-refractivity contribution in [3.05, 3.63) is 107 Å². The number of fused-ring (bicyclic) bond motifs is 2. The number of halogens is 2. The van der Waals surface area contributed by atoms with Crippen molar-refractivity contribution in [1.82, 2.24) is 40.4 Å². The molecule has 0 bridgehead atoms. The van der Waals surface area contributed by atoms with Gasteiger partial charge in [-0.25, -0.2) is 28.3 Å². The van der Waals surface area contributed by atoms with E-state index in [0.29, 0.717) is 30.7 Å². The molecule has 6 aromatic rings. The Kier molecular flexibility index (Phi) is 16.8. The van der Waals surface area contributed by atoms with E-state index in [1.54, 1.807) is 9.80 Å². The number of aromatic nitrogens is 4. The molecule has 2 aliphatic heterocycles. The topological polar surface area (TPSA) is 175 Å². The third-order valence-electron chi connectivity index (χ3n) is 14.1. The summed E-state index contributed by atoms with van der Waals surface area (Å²) in [6.45, 7) is 12.7. The third kappa shape index (κ3) is 12.2. The first kappa shape index (κ1) is 52.5. The van der Waals surface area contributed by atoms with Crippen LogP contribution in [0.4, 0.5) is 18.4 Å². The highest BCUT2D eigenvalue weighted by molar-refractivity contribution is 5.88. The number of benzene rings is 4. The van der Waals surface area contributed by atoms with Crippen LogP contribution in [0, 0.1) is 24.7 Å². The Hall–Kier alpha value is -6.84. The zero-order chi connectivity index (χ0) is 51.9. The van der Waals surface area contributed by atoms with Crippen molar-refractivity contribution in [2.75, 3.05) is 39.7 Å². The summed E-state index contributed by atoms with van der Waals surface area (Å²) in [6.07, 6.45) is 3.96. The molecule has 4 aromatic carbocycles. The average molecular weight is 1000 g/mol. The Labute approximate surface area is 426 Å². The van der Waals surface area contributed by atoms with E-state index in [9.17, 15) is 28.0 Å². The second-order valence-corrected chi connectivity index (χ2v) is 20.7. The lowest BCUT2D eigenvalue weighted by atomic mass is 9.89. The zero-order valence-electron chi connectivity index (χ0n) is 43.2. The fourth-order valence-corrected chi connectivity index (χ4v) is 10.4. The van der Waals surface area contributed by atoms with Gasteiger partial charge in [-0.1, -0.05) is 95.6 Å². The number of likely N-dealkylation sites (tertiary alicyclic amines) is 2. The maximum Gasteiger partial charge on any atom is 0.407 e. The Morgan fingerprint density at radius 1 is 0.644 bits per heavy atom. The minimum Gasteiger partial charge on any atom is -0.447 e. The Morgan fingerprint density at radius 2 is 1.14 bits per heavy atom. The summed E-state index contributed by atoms with van der Waals surface area (Å²) >= 11 is 0. The minimum atomic E-state index is -0.825. The van der Waals surface area contributed by atoms with Gasteiger partial charge in [-0.05, 0) is 133 Å². The van der Waals surface area contributed by atoms with Crippen LogP contribution in [0.15, 0.2) is 72.8 Å². The number of amides is 4. The number of alkyl carbamates (subject to hydrolysis) is 2. The van der Waals surface area contributed by atoms with Crippen LogP contribution in [-0.4, -0.2) is 105 Å². The van der Waals surface area contributed by atoms with Gasteiger partial charge in [-0.2, -0.15) is 0 Å². The molecule has 0 radical (unpaired) electrons. The van der Waals surface area contributed by atoms with Crippen LogP contribution >= 0.6 is 0 Å². The van der Waals surface area contributed by atoms with Crippen LogP contribution in [0.3, 0.4) is 0 Å². The smallest absolute Gasteiger partial charge is 0.407 e. The number of aryl methyl sites for hydroxylation is 3. The molecule has 4 N–H and O–H groups in total. The predicted octanol–water partition coefficient (Wildman–Crippen LogP) is 10.8. The fourth-order valence-electron chi connectivity index (χ4n) is 10.4. The van der Waals surface area contributed by atoms with Crippen molar-refractivity contribution < 1.29 is 37.4 Å². The van der Waals surface area contributed by atoms with E-state index >= 15 is 0 Å². The molecule has 14 nitrogen and oxygen atoms in total. The van der Waals surface area contributed by atoms with Crippen molar-refractivity contribution in [3.63, 3.8) is 0 Å². The largest absolute Gasteiger partial charge is 0.447 e. The Morgan fingerprint density at radius 3 is 1.62 bits per heavy atom. The molecule has 73 heavy (non-hydrogen) atoms. The summed E-state index contributed by atoms with van der Waals surface area (Å²) in [5.41, 5.74) is 12.7. The number of hydrogen-bond acceptors (Lipinski definition) is 8. The molecule has 16 heteroatoms. The third-order valence-corrected chi connectivity index (χ3v) is 14.1. The number of nitrogens with zero attached hydrogens (tertiary/aromatic N) is 4. The highest BCUT2D eigenvalue weighted by atomic mass is 19.1. The SMILES string of the molecule is Cc1ccc(CCc2ccc(CC(C)C)c(-c3ccc4nc([C@@H]5CCCN5C(=O)[C@@H](NC(=O)OCCF)C(C)C)[nH]c4c3)c2)c(-c2ccc3nc([C@@H]4CCCN4C(=O)[C@@H](NC(=O)OCCF)C(C)C)[nH]c3c2)c1. The van der Waals surface area contributed by atoms with Gasteiger partial charge >= 0.3 is 12.2 Å². The highest BCUT2D eigenvalue weighted by Gasteiger charge is 2.39. The zero-order valence-corrected chi connectivity index (χ0v) is 43.2. The molecule has 2 aromatic heterocycles. The standard InChI is InChI=1S/C57H70F2N8O6/c1-33(2)28-39-17-14-37(30-43(39)41-19-21-45-47(32-41)63-53(61-45)49-11-9-25-67(49)55(69)51(35(5)6)65-57(71)73-27-23-59)13-16-38-15-12-36(7)29-42(38)40-18-20-44-46(31-40)62-52(60-44)48-10-8-24-66(48)54(68)50(34(3)4)64-56(70)72-26-22-58/h12,14-15,17-21,29-35,48-51H,8-11,13,16,22-28H2,1-7H3,(H,60,62)(H,61,63)(H,64,70)(H,65,71)/t48-,49-,50-,51-/m0/s1. The normalized spacial score (nSPS) is 16.8. The van der Waals surface area contributed by atoms with Crippen molar-refractivity contribution in [1.29, 1.82) is 0 Å². The Balaban J connectivity index is 1.01. The number of rotatable bonds is 19. The number of H-pyrrole nitrogens is 2. The van der Waals surface area contributed by atoms with Crippen LogP contribution in [-0.2, 0) is 38.3 Å². The molecule has 2 fully saturated rings. The summed E-state index contributed by atoms with van der Waals surface area (Å²) in [5.74, 6) is 0.980. The molecular formula is C57H70F2N8O6. The first-order chi connectivity index (χ1) is 35.1. The van der Waals surface area contributed by atoms with Gasteiger partial charge < -0.3 is 39.9 Å². The molecule has 2 aliphatic rings. The number of imidazole rings is 2. The summed E-state index contributed by atoms with van der Waals surface area (Å²) in [5, 5.41) is 5.31. The first-order valence-electron chi connectivity index (χ1n) is 25.9. The summed E-state index contributed by atoms with van der Waals surface area (Å²) in [6, 6.07) is 23.8. The van der Waals surface area contributed by atoms with Gasteiger partial charge in [0.15, 0.2) is 0 Å². The lowest BCUT2D eigenvalue weighted by Gasteiger charge is -2.30. The monoisotopic (exact) mass is 1000 g/mol. The molecule has 0 unspecified atom stereocenters. The Bertz CT molecular complexity index is 2930. The van der Waals surface area contributed by atoms with Gasteiger partial charge in [0.05, 0.1) is 34.2 Å². The van der Waals surface area contributed by atoms with E-state index in [1.807, 2.05) is 39.8 Å². The minimum absolute atomic E-state index is 0.213. The van der Waals surface area contributed by atoms with E-state index in [2.05, 4.69) is 102 Å². The maximum atomic E-state index is 13.9. The fraction of sp³-hybridized carbons (Fsp3) is 0.474. The van der Waals surface area contributed by atoms with E-state index in [4.69, 9.17) is 19.4 Å². The molecule has 0 spiro atoms. The second kappa shape index (κ2) is 23.4. The van der Waals surface area contributed by atoms with E-state index in [1.165, 1.54) is 22.3 Å². The molecule has 0 aliphatic carbocycles. The van der Waals surface area contributed by atoms with Crippen molar-refractivity contribution in [2.24, 2.45) is 17.8 Å². The molecule has 8 rings (SSSR count). The van der Waals surface area contributed by atoms with Gasteiger partial charge in [-0.15, -0.1) is 0 Å². The molecule has 4 atom stereocenters. The number of carbonyl (C=O) groups excluding carboxylic acids is 4. The van der Waals surface area contributed by atoms with Crippen LogP contribution < -0.4 is 10.6 Å². The van der Waals surface area contributed by atoms with Crippen molar-refractivity contribution >= 4 is 46.1 Å². The van der Waals surface area contributed by atoms with Gasteiger partial charge in [0.25, 0.3) is 0 Å². The second-order valence-electron chi connectivity index (χ2n) is 20.7. The predicted molar refractivity (Wildman–Crippen MR) is 279 cm³/mol. The number of nitrogens with one attached hydrogen (secondary N) is 4. The summed E-state index contributed by atoms with van der Waals surface area (Å²) in [7, 11) is 0. The first-order valence-corrected chi connectivity index (χ1v) is 25.9. The summed E-state index contributed by atoms with van der Waals surface area (Å²) in [4.78, 5) is 73.2. The number of ether oxygens (including phenoxy) is 2. The molecule has 0 saturated carbocycles. The van der Waals surface area contributed by atoms with Gasteiger partial charge in [0.1, 0.15) is 50.3 Å². The van der Waals surface area contributed by atoms with Crippen LogP contribution in [0.1, 0.15) is 113 Å².